The Kier molecular flexibility index (Phi) is 3.38. The van der Waals surface area contributed by atoms with Crippen molar-refractivity contribution in [2.45, 2.75) is 6.61 Å². The molecule has 1 N–H and O–H groups in total. The van der Waals surface area contributed by atoms with Crippen molar-refractivity contribution in [2.75, 3.05) is 13.9 Å². The maximum atomic E-state index is 8.60. The molecule has 0 saturated heterocycles. The predicted molar refractivity (Wildman–Crippen MR) is 53.5 cm³/mol. The van der Waals surface area contributed by atoms with Gasteiger partial charge >= 0.3 is 8.60 Å². The highest BCUT2D eigenvalue weighted by atomic mass is 31.2. The molecule has 0 bridgehead atoms. The lowest BCUT2D eigenvalue weighted by Gasteiger charge is -2.24. The van der Waals surface area contributed by atoms with Gasteiger partial charge < -0.3 is 14.4 Å². The topological polar surface area (TPSA) is 57.2 Å². The molecule has 82 valence electrons. The average Bonchev–Trinajstić information content (AvgIpc) is 2.28. The Morgan fingerprint density at radius 1 is 1.53 bits per heavy atom. The first kappa shape index (κ1) is 10.6. The lowest BCUT2D eigenvalue weighted by molar-refractivity contribution is 0.0701. The molecule has 5 nitrogen and oxygen atoms in total. The minimum Gasteiger partial charge on any atom is -0.493 e. The van der Waals surface area contributed by atoms with Crippen LogP contribution in [-0.2, 0) is 15.7 Å². The molecule has 1 aliphatic heterocycles. The summed E-state index contributed by atoms with van der Waals surface area (Å²) in [6, 6.07) is 5.56. The second kappa shape index (κ2) is 4.77. The smallest absolute Gasteiger partial charge is 0.399 e. The van der Waals surface area contributed by atoms with Crippen LogP contribution in [0.15, 0.2) is 18.2 Å². The summed E-state index contributed by atoms with van der Waals surface area (Å²) < 4.78 is 20.7. The van der Waals surface area contributed by atoms with E-state index in [2.05, 4.69) is 0 Å². The van der Waals surface area contributed by atoms with Crippen molar-refractivity contribution < 1.29 is 23.4 Å². The van der Waals surface area contributed by atoms with Gasteiger partial charge in [-0.1, -0.05) is 12.1 Å². The fourth-order valence-corrected chi connectivity index (χ4v) is 2.15. The quantitative estimate of drug-likeness (QED) is 0.633. The molecule has 1 atom stereocenters. The van der Waals surface area contributed by atoms with Crippen LogP contribution in [0.1, 0.15) is 5.56 Å². The third-order valence-corrected chi connectivity index (χ3v) is 2.93. The maximum absolute atomic E-state index is 8.60. The molecule has 2 rings (SSSR count). The van der Waals surface area contributed by atoms with Crippen molar-refractivity contribution in [3.05, 3.63) is 23.8 Å². The Morgan fingerprint density at radius 3 is 3.13 bits per heavy atom. The third kappa shape index (κ3) is 2.21. The van der Waals surface area contributed by atoms with Crippen LogP contribution >= 0.6 is 8.60 Å². The van der Waals surface area contributed by atoms with E-state index >= 15 is 0 Å². The van der Waals surface area contributed by atoms with E-state index in [1.807, 2.05) is 12.1 Å². The van der Waals surface area contributed by atoms with Crippen LogP contribution in [0.5, 0.6) is 11.5 Å². The van der Waals surface area contributed by atoms with E-state index in [1.54, 1.807) is 13.2 Å². The Hall–Kier alpha value is -0.870. The molecule has 0 aliphatic carbocycles. The number of rotatable bonds is 3. The first-order valence-electron chi connectivity index (χ1n) is 4.36. The van der Waals surface area contributed by atoms with Crippen molar-refractivity contribution in [3.63, 3.8) is 0 Å². The van der Waals surface area contributed by atoms with Gasteiger partial charge in [0.05, 0.1) is 13.7 Å². The van der Waals surface area contributed by atoms with Gasteiger partial charge in [0.25, 0.3) is 0 Å². The van der Waals surface area contributed by atoms with E-state index in [9.17, 15) is 0 Å². The van der Waals surface area contributed by atoms with Crippen LogP contribution in [0, 0.1) is 0 Å². The summed E-state index contributed by atoms with van der Waals surface area (Å²) in [5, 5.41) is 8.60. The first-order chi connectivity index (χ1) is 7.35. The van der Waals surface area contributed by atoms with E-state index < -0.39 is 15.4 Å². The Labute approximate surface area is 88.5 Å². The third-order valence-electron chi connectivity index (χ3n) is 1.93. The number of hydrogen-bond donors (Lipinski definition) is 1. The molecule has 0 fully saturated rings. The fourth-order valence-electron chi connectivity index (χ4n) is 1.27. The molecule has 0 saturated carbocycles. The molecule has 1 aromatic carbocycles. The molecule has 15 heavy (non-hydrogen) atoms. The van der Waals surface area contributed by atoms with Gasteiger partial charge in [0, 0.05) is 5.56 Å². The van der Waals surface area contributed by atoms with E-state index in [0.717, 1.165) is 5.56 Å². The zero-order valence-corrected chi connectivity index (χ0v) is 9.07. The van der Waals surface area contributed by atoms with Gasteiger partial charge in [0.1, 0.15) is 0 Å². The summed E-state index contributed by atoms with van der Waals surface area (Å²) in [6.07, 6.45) is 0. The van der Waals surface area contributed by atoms with Crippen molar-refractivity contribution in [1.29, 1.82) is 0 Å². The molecule has 1 heterocycles. The Morgan fingerprint density at radius 2 is 2.40 bits per heavy atom. The molecule has 1 aromatic rings. The second-order valence-corrected chi connectivity index (χ2v) is 3.94. The van der Waals surface area contributed by atoms with Crippen molar-refractivity contribution >= 4 is 8.60 Å². The highest BCUT2D eigenvalue weighted by molar-refractivity contribution is 7.42. The van der Waals surface area contributed by atoms with Gasteiger partial charge in [-0.25, -0.2) is 0 Å². The summed E-state index contributed by atoms with van der Waals surface area (Å²) in [6.45, 7) is -0.0194. The zero-order chi connectivity index (χ0) is 10.7. The van der Waals surface area contributed by atoms with Gasteiger partial charge in [0.15, 0.2) is 18.3 Å². The number of ether oxygens (including phenoxy) is 1. The number of benzene rings is 1. The SMILES string of the molecule is COc1cccc2c1OP(OCO)OC2. The van der Waals surface area contributed by atoms with Gasteiger partial charge in [0.2, 0.25) is 0 Å². The normalized spacial score (nSPS) is 19.2. The lowest BCUT2D eigenvalue weighted by atomic mass is 10.2. The van der Waals surface area contributed by atoms with E-state index in [0.29, 0.717) is 18.1 Å². The monoisotopic (exact) mass is 230 g/mol. The second-order valence-electron chi connectivity index (χ2n) is 2.80. The highest BCUT2D eigenvalue weighted by Gasteiger charge is 2.25. The van der Waals surface area contributed by atoms with Crippen molar-refractivity contribution in [1.82, 2.24) is 0 Å². The van der Waals surface area contributed by atoms with Gasteiger partial charge in [-0.15, -0.1) is 0 Å². The minimum atomic E-state index is -1.51. The lowest BCUT2D eigenvalue weighted by Crippen LogP contribution is -2.07. The zero-order valence-electron chi connectivity index (χ0n) is 8.17. The van der Waals surface area contributed by atoms with Crippen LogP contribution in [0.2, 0.25) is 0 Å². The summed E-state index contributed by atoms with van der Waals surface area (Å²) in [5.41, 5.74) is 0.912. The molecule has 0 spiro atoms. The number of aliphatic hydroxyl groups excluding tert-OH is 1. The van der Waals surface area contributed by atoms with Crippen LogP contribution < -0.4 is 9.26 Å². The van der Waals surface area contributed by atoms with Crippen LogP contribution in [0.4, 0.5) is 0 Å². The van der Waals surface area contributed by atoms with Crippen molar-refractivity contribution in [3.8, 4) is 11.5 Å². The van der Waals surface area contributed by atoms with E-state index in [4.69, 9.17) is 23.4 Å². The highest BCUT2D eigenvalue weighted by Crippen LogP contribution is 2.50. The largest absolute Gasteiger partial charge is 0.493 e. The fraction of sp³-hybridized carbons (Fsp3) is 0.333. The molecule has 1 unspecified atom stereocenters. The van der Waals surface area contributed by atoms with Crippen molar-refractivity contribution in [2.24, 2.45) is 0 Å². The minimum absolute atomic E-state index is 0.401. The number of fused-ring (bicyclic) bond motifs is 1. The molecular weight excluding hydrogens is 219 g/mol. The predicted octanol–water partition coefficient (Wildman–Crippen LogP) is 1.80. The van der Waals surface area contributed by atoms with E-state index in [-0.39, 0.29) is 0 Å². The summed E-state index contributed by atoms with van der Waals surface area (Å²) in [5.74, 6) is 1.27. The van der Waals surface area contributed by atoms with Gasteiger partial charge in [-0.05, 0) is 6.07 Å². The summed E-state index contributed by atoms with van der Waals surface area (Å²) in [7, 11) is 0.0627. The van der Waals surface area contributed by atoms with Crippen LogP contribution in [0.3, 0.4) is 0 Å². The molecule has 0 amide bonds. The molecule has 0 aromatic heterocycles. The van der Waals surface area contributed by atoms with E-state index in [1.165, 1.54) is 0 Å². The van der Waals surface area contributed by atoms with Crippen LogP contribution in [0.25, 0.3) is 0 Å². The maximum Gasteiger partial charge on any atom is 0.399 e. The van der Waals surface area contributed by atoms with Gasteiger partial charge in [-0.2, -0.15) is 0 Å². The summed E-state index contributed by atoms with van der Waals surface area (Å²) >= 11 is 0. The average molecular weight is 230 g/mol. The molecule has 1 aliphatic rings. The number of methoxy groups -OCH3 is 1. The number of para-hydroxylation sites is 1. The van der Waals surface area contributed by atoms with Gasteiger partial charge in [-0.3, -0.25) is 9.05 Å². The Bertz CT molecular complexity index is 329. The standard InChI is InChI=1S/C9H11O5P/c1-11-8-4-2-3-7-5-12-15(13-6-10)14-9(7)8/h2-4,10H,5-6H2,1H3. The molecule has 6 heteroatoms. The Balaban J connectivity index is 2.22. The summed E-state index contributed by atoms with van der Waals surface area (Å²) in [4.78, 5) is 0. The first-order valence-corrected chi connectivity index (χ1v) is 5.45. The molecule has 0 radical (unpaired) electrons. The van der Waals surface area contributed by atoms with Crippen LogP contribution in [-0.4, -0.2) is 19.0 Å². The molecular formula is C9H11O5P. The number of aliphatic hydroxyl groups is 1. The number of hydrogen-bond acceptors (Lipinski definition) is 5.